The molecule has 3 rings (SSSR count). The predicted octanol–water partition coefficient (Wildman–Crippen LogP) is 3.84. The highest BCUT2D eigenvalue weighted by Crippen LogP contribution is 2.17. The topological polar surface area (TPSA) is 59.5 Å². The molecule has 0 saturated carbocycles. The lowest BCUT2D eigenvalue weighted by Gasteiger charge is -2.21. The molecule has 2 aromatic carbocycles. The Labute approximate surface area is 164 Å². The van der Waals surface area contributed by atoms with E-state index in [-0.39, 0.29) is 18.3 Å². The number of nitrogens with zero attached hydrogens (tertiary/aromatic N) is 2. The maximum atomic E-state index is 12.8. The summed E-state index contributed by atoms with van der Waals surface area (Å²) in [7, 11) is 1.35. The number of hydrogen-bond acceptors (Lipinski definition) is 4. The molecule has 0 saturated heterocycles. The second-order valence-electron chi connectivity index (χ2n) is 6.33. The van der Waals surface area contributed by atoms with Crippen LogP contribution in [0.15, 0.2) is 72.9 Å². The molecule has 0 aliphatic rings. The van der Waals surface area contributed by atoms with Crippen molar-refractivity contribution >= 4 is 28.9 Å². The number of aromatic nitrogens is 1. The number of ether oxygens (including phenoxy) is 1. The van der Waals surface area contributed by atoms with Gasteiger partial charge in [0, 0.05) is 36.3 Å². The molecule has 5 heteroatoms. The van der Waals surface area contributed by atoms with Crippen molar-refractivity contribution in [2.45, 2.75) is 13.0 Å². The number of carbonyl (C=O) groups excluding carboxylic acids is 2. The normalized spacial score (nSPS) is 10.9. The zero-order valence-corrected chi connectivity index (χ0v) is 15.7. The molecule has 0 unspecified atom stereocenters. The zero-order chi connectivity index (χ0) is 19.8. The Balaban J connectivity index is 1.79. The Hall–Kier alpha value is -3.47. The number of carbonyl (C=O) groups is 2. The molecule has 1 amide bonds. The summed E-state index contributed by atoms with van der Waals surface area (Å²) in [4.78, 5) is 30.4. The maximum Gasteiger partial charge on any atom is 0.307 e. The van der Waals surface area contributed by atoms with E-state index in [1.807, 2.05) is 60.7 Å². The molecular weight excluding hydrogens is 352 g/mol. The van der Waals surface area contributed by atoms with Gasteiger partial charge in [0.1, 0.15) is 0 Å². The van der Waals surface area contributed by atoms with Crippen molar-refractivity contribution in [2.24, 2.45) is 0 Å². The van der Waals surface area contributed by atoms with Crippen molar-refractivity contribution in [3.63, 3.8) is 0 Å². The largest absolute Gasteiger partial charge is 0.469 e. The Morgan fingerprint density at radius 1 is 1.04 bits per heavy atom. The van der Waals surface area contributed by atoms with Gasteiger partial charge in [0.2, 0.25) is 5.91 Å². The minimum Gasteiger partial charge on any atom is -0.469 e. The van der Waals surface area contributed by atoms with Crippen LogP contribution in [-0.4, -0.2) is 35.4 Å². The minimum absolute atomic E-state index is 0.152. The smallest absolute Gasteiger partial charge is 0.307 e. The molecule has 5 nitrogen and oxygen atoms in total. The molecule has 0 spiro atoms. The number of benzene rings is 2. The first-order valence-corrected chi connectivity index (χ1v) is 9.09. The summed E-state index contributed by atoms with van der Waals surface area (Å²) >= 11 is 0. The lowest BCUT2D eigenvalue weighted by atomic mass is 10.1. The second kappa shape index (κ2) is 9.46. The van der Waals surface area contributed by atoms with Crippen LogP contribution in [0.3, 0.4) is 0 Å². The molecule has 3 aromatic rings. The van der Waals surface area contributed by atoms with E-state index >= 15 is 0 Å². The molecule has 0 fully saturated rings. The van der Waals surface area contributed by atoms with Crippen molar-refractivity contribution in [1.82, 2.24) is 9.88 Å². The summed E-state index contributed by atoms with van der Waals surface area (Å²) in [5.41, 5.74) is 2.72. The fourth-order valence-electron chi connectivity index (χ4n) is 2.93. The van der Waals surface area contributed by atoms with Gasteiger partial charge in [-0.2, -0.15) is 0 Å². The van der Waals surface area contributed by atoms with E-state index in [0.717, 1.165) is 22.0 Å². The lowest BCUT2D eigenvalue weighted by Crippen LogP contribution is -2.31. The highest BCUT2D eigenvalue weighted by atomic mass is 16.5. The molecule has 0 bridgehead atoms. The van der Waals surface area contributed by atoms with Crippen molar-refractivity contribution in [3.8, 4) is 0 Å². The van der Waals surface area contributed by atoms with Crippen LogP contribution in [0.2, 0.25) is 0 Å². The summed E-state index contributed by atoms with van der Waals surface area (Å²) < 4.78 is 4.70. The minimum atomic E-state index is -0.340. The zero-order valence-electron chi connectivity index (χ0n) is 15.7. The van der Waals surface area contributed by atoms with Crippen LogP contribution in [0, 0.1) is 0 Å². The summed E-state index contributed by atoms with van der Waals surface area (Å²) in [6.45, 7) is 0.716. The SMILES string of the molecule is COC(=O)CCN(Cc1ccccc1)C(=O)/C=C/c1cccc2cccnc12. The van der Waals surface area contributed by atoms with Crippen LogP contribution in [0.4, 0.5) is 0 Å². The van der Waals surface area contributed by atoms with Crippen LogP contribution in [0.5, 0.6) is 0 Å². The van der Waals surface area contributed by atoms with Crippen molar-refractivity contribution in [2.75, 3.05) is 13.7 Å². The third-order valence-electron chi connectivity index (χ3n) is 4.41. The highest BCUT2D eigenvalue weighted by Gasteiger charge is 2.14. The molecule has 0 aliphatic heterocycles. The monoisotopic (exact) mass is 374 g/mol. The molecule has 142 valence electrons. The average molecular weight is 374 g/mol. The summed E-state index contributed by atoms with van der Waals surface area (Å²) in [6.07, 6.45) is 5.19. The Kier molecular flexibility index (Phi) is 6.52. The van der Waals surface area contributed by atoms with Crippen molar-refractivity contribution < 1.29 is 14.3 Å². The van der Waals surface area contributed by atoms with E-state index in [4.69, 9.17) is 4.74 Å². The van der Waals surface area contributed by atoms with Crippen LogP contribution >= 0.6 is 0 Å². The summed E-state index contributed by atoms with van der Waals surface area (Å²) in [6, 6.07) is 19.4. The van der Waals surface area contributed by atoms with E-state index < -0.39 is 0 Å². The average Bonchev–Trinajstić information content (AvgIpc) is 2.75. The third kappa shape index (κ3) is 5.04. The van der Waals surface area contributed by atoms with Gasteiger partial charge in [-0.1, -0.05) is 54.6 Å². The predicted molar refractivity (Wildman–Crippen MR) is 109 cm³/mol. The van der Waals surface area contributed by atoms with Crippen LogP contribution < -0.4 is 0 Å². The van der Waals surface area contributed by atoms with E-state index in [9.17, 15) is 9.59 Å². The van der Waals surface area contributed by atoms with E-state index in [1.54, 1.807) is 17.2 Å². The van der Waals surface area contributed by atoms with Gasteiger partial charge >= 0.3 is 5.97 Å². The van der Waals surface area contributed by atoms with Gasteiger partial charge < -0.3 is 9.64 Å². The number of amides is 1. The maximum absolute atomic E-state index is 12.8. The van der Waals surface area contributed by atoms with Crippen molar-refractivity contribution in [3.05, 3.63) is 84.1 Å². The van der Waals surface area contributed by atoms with Gasteiger partial charge in [0.25, 0.3) is 0 Å². The van der Waals surface area contributed by atoms with Crippen LogP contribution in [-0.2, 0) is 20.9 Å². The number of rotatable bonds is 7. The first kappa shape index (κ1) is 19.3. The van der Waals surface area contributed by atoms with Gasteiger partial charge in [-0.05, 0) is 17.7 Å². The van der Waals surface area contributed by atoms with Crippen LogP contribution in [0.25, 0.3) is 17.0 Å². The van der Waals surface area contributed by atoms with Gasteiger partial charge in [0.15, 0.2) is 0 Å². The fraction of sp³-hybridized carbons (Fsp3) is 0.174. The number of methoxy groups -OCH3 is 1. The standard InChI is InChI=1S/C23H22N2O3/c1-28-22(27)14-16-25(17-18-7-3-2-4-8-18)21(26)13-12-20-10-5-9-19-11-6-15-24-23(19)20/h2-13,15H,14,16-17H2,1H3/b13-12+. The van der Waals surface area contributed by atoms with E-state index in [0.29, 0.717) is 13.1 Å². The van der Waals surface area contributed by atoms with E-state index in [1.165, 1.54) is 13.2 Å². The fourth-order valence-corrected chi connectivity index (χ4v) is 2.93. The number of hydrogen-bond donors (Lipinski definition) is 0. The summed E-state index contributed by atoms with van der Waals surface area (Å²) in [5.74, 6) is -0.506. The highest BCUT2D eigenvalue weighted by molar-refractivity contribution is 5.95. The molecular formula is C23H22N2O3. The molecule has 1 heterocycles. The first-order chi connectivity index (χ1) is 13.7. The molecule has 0 radical (unpaired) electrons. The molecule has 0 atom stereocenters. The Morgan fingerprint density at radius 2 is 1.82 bits per heavy atom. The molecule has 0 N–H and O–H groups in total. The Morgan fingerprint density at radius 3 is 2.61 bits per heavy atom. The number of esters is 1. The van der Waals surface area contributed by atoms with Gasteiger partial charge in [-0.3, -0.25) is 14.6 Å². The lowest BCUT2D eigenvalue weighted by molar-refractivity contribution is -0.141. The van der Waals surface area contributed by atoms with Crippen LogP contribution in [0.1, 0.15) is 17.5 Å². The molecule has 0 aliphatic carbocycles. The number of fused-ring (bicyclic) bond motifs is 1. The third-order valence-corrected chi connectivity index (χ3v) is 4.41. The van der Waals surface area contributed by atoms with Gasteiger partial charge in [-0.25, -0.2) is 0 Å². The Bertz CT molecular complexity index is 978. The number of pyridine rings is 1. The molecule has 28 heavy (non-hydrogen) atoms. The number of para-hydroxylation sites is 1. The van der Waals surface area contributed by atoms with Gasteiger partial charge in [-0.15, -0.1) is 0 Å². The molecule has 1 aromatic heterocycles. The van der Waals surface area contributed by atoms with E-state index in [2.05, 4.69) is 4.98 Å². The first-order valence-electron chi connectivity index (χ1n) is 9.09. The second-order valence-corrected chi connectivity index (χ2v) is 6.33. The van der Waals surface area contributed by atoms with Crippen molar-refractivity contribution in [1.29, 1.82) is 0 Å². The van der Waals surface area contributed by atoms with Gasteiger partial charge in [0.05, 0.1) is 19.0 Å². The quantitative estimate of drug-likeness (QED) is 0.466. The summed E-state index contributed by atoms with van der Waals surface area (Å²) in [5, 5.41) is 1.02.